The fraction of sp³-hybridized carbons (Fsp3) is 0.533. The van der Waals surface area contributed by atoms with Gasteiger partial charge in [0.05, 0.1) is 10.6 Å². The maximum absolute atomic E-state index is 12.4. The summed E-state index contributed by atoms with van der Waals surface area (Å²) in [6.07, 6.45) is -0.642. The van der Waals surface area contributed by atoms with Crippen molar-refractivity contribution in [3.63, 3.8) is 0 Å². The molecule has 1 atom stereocenters. The molecule has 7 nitrogen and oxygen atoms in total. The zero-order chi connectivity index (χ0) is 17.1. The first-order chi connectivity index (χ1) is 10.9. The van der Waals surface area contributed by atoms with Crippen LogP contribution in [0.4, 0.5) is 11.4 Å². The van der Waals surface area contributed by atoms with Crippen molar-refractivity contribution in [1.29, 1.82) is 0 Å². The molecular weight excluding hydrogens is 322 g/mol. The Bertz CT molecular complexity index is 619. The lowest BCUT2D eigenvalue weighted by molar-refractivity contribution is -0.384. The Morgan fingerprint density at radius 3 is 2.61 bits per heavy atom. The predicted octanol–water partition coefficient (Wildman–Crippen LogP) is 2.70. The van der Waals surface area contributed by atoms with E-state index in [1.165, 1.54) is 12.1 Å². The Morgan fingerprint density at radius 2 is 2.04 bits per heavy atom. The van der Waals surface area contributed by atoms with Crippen LogP contribution >= 0.6 is 11.6 Å². The minimum absolute atomic E-state index is 0.000933. The smallest absolute Gasteiger partial charge is 0.290 e. The standard InChI is InChI=1S/C15H20ClN3O4/c1-4-17(5-2)6-7-18-13-9-12(19(21)22)11(16)8-14(13)23-10(3)15(18)20/h8-10H,4-7H2,1-3H3. The molecule has 0 aromatic heterocycles. The van der Waals surface area contributed by atoms with Crippen molar-refractivity contribution in [3.05, 3.63) is 27.3 Å². The van der Waals surface area contributed by atoms with Crippen LogP contribution in [0.1, 0.15) is 20.8 Å². The summed E-state index contributed by atoms with van der Waals surface area (Å²) in [6, 6.07) is 2.71. The topological polar surface area (TPSA) is 75.9 Å². The SMILES string of the molecule is CCN(CC)CCN1C(=O)C(C)Oc2cc(Cl)c([N+](=O)[O-])cc21. The Kier molecular flexibility index (Phi) is 5.43. The number of hydrogen-bond donors (Lipinski definition) is 0. The number of fused-ring (bicyclic) bond motifs is 1. The zero-order valence-corrected chi connectivity index (χ0v) is 14.2. The number of anilines is 1. The van der Waals surface area contributed by atoms with Crippen LogP contribution in [0.25, 0.3) is 0 Å². The number of carbonyl (C=O) groups excluding carboxylic acids is 1. The summed E-state index contributed by atoms with van der Waals surface area (Å²) in [5.74, 6) is 0.188. The Morgan fingerprint density at radius 1 is 1.39 bits per heavy atom. The van der Waals surface area contributed by atoms with Gasteiger partial charge in [-0.2, -0.15) is 0 Å². The molecular formula is C15H20ClN3O4. The predicted molar refractivity (Wildman–Crippen MR) is 88.3 cm³/mol. The normalized spacial score (nSPS) is 17.2. The highest BCUT2D eigenvalue weighted by molar-refractivity contribution is 6.33. The molecule has 1 heterocycles. The average Bonchev–Trinajstić information content (AvgIpc) is 2.51. The third-order valence-corrected chi connectivity index (χ3v) is 4.27. The van der Waals surface area contributed by atoms with E-state index in [4.69, 9.17) is 16.3 Å². The van der Waals surface area contributed by atoms with Gasteiger partial charge in [-0.3, -0.25) is 14.9 Å². The zero-order valence-electron chi connectivity index (χ0n) is 13.4. The van der Waals surface area contributed by atoms with Crippen LogP contribution in [0, 0.1) is 10.1 Å². The second-order valence-electron chi connectivity index (χ2n) is 5.31. The lowest BCUT2D eigenvalue weighted by atomic mass is 10.1. The van der Waals surface area contributed by atoms with Gasteiger partial charge in [0.2, 0.25) is 0 Å². The van der Waals surface area contributed by atoms with Gasteiger partial charge in [-0.05, 0) is 20.0 Å². The van der Waals surface area contributed by atoms with Crippen LogP contribution in [0.5, 0.6) is 5.75 Å². The van der Waals surface area contributed by atoms with Crippen molar-refractivity contribution < 1.29 is 14.5 Å². The molecule has 1 aromatic rings. The van der Waals surface area contributed by atoms with E-state index in [9.17, 15) is 14.9 Å². The molecule has 2 rings (SSSR count). The first-order valence-electron chi connectivity index (χ1n) is 7.57. The number of ether oxygens (including phenoxy) is 1. The molecule has 0 spiro atoms. The number of hydrogen-bond acceptors (Lipinski definition) is 5. The second-order valence-corrected chi connectivity index (χ2v) is 5.71. The van der Waals surface area contributed by atoms with Crippen LogP contribution in [-0.2, 0) is 4.79 Å². The number of amides is 1. The van der Waals surface area contributed by atoms with E-state index in [0.29, 0.717) is 24.5 Å². The summed E-state index contributed by atoms with van der Waals surface area (Å²) < 4.78 is 5.54. The molecule has 1 aliphatic heterocycles. The van der Waals surface area contributed by atoms with Crippen LogP contribution in [0.2, 0.25) is 5.02 Å². The highest BCUT2D eigenvalue weighted by Gasteiger charge is 2.34. The lowest BCUT2D eigenvalue weighted by Gasteiger charge is -2.34. The molecule has 8 heteroatoms. The first kappa shape index (κ1) is 17.5. The maximum atomic E-state index is 12.4. The molecule has 1 unspecified atom stereocenters. The fourth-order valence-corrected chi connectivity index (χ4v) is 2.79. The number of nitro groups is 1. The van der Waals surface area contributed by atoms with Gasteiger partial charge >= 0.3 is 0 Å². The molecule has 0 aliphatic carbocycles. The van der Waals surface area contributed by atoms with E-state index in [1.54, 1.807) is 11.8 Å². The van der Waals surface area contributed by atoms with Crippen molar-refractivity contribution in [1.82, 2.24) is 4.90 Å². The van der Waals surface area contributed by atoms with Crippen molar-refractivity contribution in [3.8, 4) is 5.75 Å². The monoisotopic (exact) mass is 341 g/mol. The molecule has 1 amide bonds. The lowest BCUT2D eigenvalue weighted by Crippen LogP contribution is -2.47. The van der Waals surface area contributed by atoms with Gasteiger partial charge in [-0.15, -0.1) is 0 Å². The minimum Gasteiger partial charge on any atom is -0.479 e. The van der Waals surface area contributed by atoms with Gasteiger partial charge in [0, 0.05) is 25.2 Å². The number of likely N-dealkylation sites (N-methyl/N-ethyl adjacent to an activating group) is 1. The highest BCUT2D eigenvalue weighted by atomic mass is 35.5. The quantitative estimate of drug-likeness (QED) is 0.587. The maximum Gasteiger partial charge on any atom is 0.290 e. The molecule has 0 N–H and O–H groups in total. The molecule has 0 fully saturated rings. The number of halogens is 1. The van der Waals surface area contributed by atoms with Crippen molar-refractivity contribution in [2.75, 3.05) is 31.1 Å². The van der Waals surface area contributed by atoms with Crippen LogP contribution in [0.3, 0.4) is 0 Å². The van der Waals surface area contributed by atoms with Gasteiger partial charge < -0.3 is 14.5 Å². The van der Waals surface area contributed by atoms with E-state index in [2.05, 4.69) is 4.90 Å². The Balaban J connectivity index is 2.37. The average molecular weight is 342 g/mol. The Hall–Kier alpha value is -1.86. The van der Waals surface area contributed by atoms with E-state index >= 15 is 0 Å². The summed E-state index contributed by atoms with van der Waals surface area (Å²) in [6.45, 7) is 8.63. The first-order valence-corrected chi connectivity index (χ1v) is 7.95. The van der Waals surface area contributed by atoms with E-state index in [0.717, 1.165) is 13.1 Å². The number of carbonyl (C=O) groups is 1. The number of benzene rings is 1. The molecule has 23 heavy (non-hydrogen) atoms. The second kappa shape index (κ2) is 7.14. The summed E-state index contributed by atoms with van der Waals surface area (Å²) in [4.78, 5) is 26.7. The molecule has 1 aliphatic rings. The number of rotatable bonds is 6. The third kappa shape index (κ3) is 3.56. The van der Waals surface area contributed by atoms with Crippen LogP contribution < -0.4 is 9.64 Å². The largest absolute Gasteiger partial charge is 0.479 e. The van der Waals surface area contributed by atoms with Crippen LogP contribution in [0.15, 0.2) is 12.1 Å². The van der Waals surface area contributed by atoms with E-state index in [-0.39, 0.29) is 16.6 Å². The molecule has 0 radical (unpaired) electrons. The Labute approximate surface area is 139 Å². The van der Waals surface area contributed by atoms with Gasteiger partial charge in [0.15, 0.2) is 6.10 Å². The van der Waals surface area contributed by atoms with Gasteiger partial charge in [0.1, 0.15) is 10.8 Å². The summed E-state index contributed by atoms with van der Waals surface area (Å²) in [5, 5.41) is 11.1. The van der Waals surface area contributed by atoms with E-state index in [1.807, 2.05) is 13.8 Å². The van der Waals surface area contributed by atoms with Gasteiger partial charge in [-0.25, -0.2) is 0 Å². The number of nitro benzene ring substituents is 1. The molecule has 1 aromatic carbocycles. The van der Waals surface area contributed by atoms with Crippen molar-refractivity contribution >= 4 is 28.9 Å². The van der Waals surface area contributed by atoms with Crippen LogP contribution in [-0.4, -0.2) is 48.0 Å². The molecule has 0 bridgehead atoms. The van der Waals surface area contributed by atoms with Crippen molar-refractivity contribution in [2.24, 2.45) is 0 Å². The van der Waals surface area contributed by atoms with E-state index < -0.39 is 11.0 Å². The fourth-order valence-electron chi connectivity index (χ4n) is 2.57. The van der Waals surface area contributed by atoms with Gasteiger partial charge in [0.25, 0.3) is 11.6 Å². The summed E-state index contributed by atoms with van der Waals surface area (Å²) in [7, 11) is 0. The number of nitrogens with zero attached hydrogens (tertiary/aromatic N) is 3. The van der Waals surface area contributed by atoms with Crippen molar-refractivity contribution in [2.45, 2.75) is 26.9 Å². The highest BCUT2D eigenvalue weighted by Crippen LogP contribution is 2.41. The van der Waals surface area contributed by atoms with Gasteiger partial charge in [-0.1, -0.05) is 25.4 Å². The molecule has 0 saturated heterocycles. The third-order valence-electron chi connectivity index (χ3n) is 3.97. The molecule has 126 valence electrons. The minimum atomic E-state index is -0.642. The summed E-state index contributed by atoms with van der Waals surface area (Å²) >= 11 is 5.93. The molecule has 0 saturated carbocycles. The summed E-state index contributed by atoms with van der Waals surface area (Å²) in [5.41, 5.74) is 0.167.